The standard InChI is InChI=1S/C24H28O4/c1-3-5-6-7-19-10-15-22(16-11-19)28-23(25)17-12-20-8-13-21(14-9-20)24(26)27-18-4-2/h8-17H,3-7,18H2,1-2H3/b17-12+. The van der Waals surface area contributed by atoms with Crippen LogP contribution in [0.25, 0.3) is 6.08 Å². The van der Waals surface area contributed by atoms with Gasteiger partial charge >= 0.3 is 11.9 Å². The first-order valence-corrected chi connectivity index (χ1v) is 9.88. The van der Waals surface area contributed by atoms with Crippen molar-refractivity contribution in [3.8, 4) is 5.75 Å². The van der Waals surface area contributed by atoms with Crippen molar-refractivity contribution in [1.82, 2.24) is 0 Å². The van der Waals surface area contributed by atoms with Crippen molar-refractivity contribution in [2.75, 3.05) is 6.61 Å². The Morgan fingerprint density at radius 3 is 2.25 bits per heavy atom. The van der Waals surface area contributed by atoms with Crippen molar-refractivity contribution in [2.24, 2.45) is 0 Å². The van der Waals surface area contributed by atoms with E-state index >= 15 is 0 Å². The Morgan fingerprint density at radius 1 is 0.893 bits per heavy atom. The van der Waals surface area contributed by atoms with E-state index in [1.54, 1.807) is 30.3 Å². The fourth-order valence-corrected chi connectivity index (χ4v) is 2.63. The quantitative estimate of drug-likeness (QED) is 0.233. The van der Waals surface area contributed by atoms with E-state index in [-0.39, 0.29) is 5.97 Å². The van der Waals surface area contributed by atoms with Crippen LogP contribution in [0.5, 0.6) is 5.75 Å². The van der Waals surface area contributed by atoms with Gasteiger partial charge in [0.25, 0.3) is 0 Å². The summed E-state index contributed by atoms with van der Waals surface area (Å²) < 4.78 is 10.4. The maximum Gasteiger partial charge on any atom is 0.338 e. The molecule has 0 N–H and O–H groups in total. The maximum atomic E-state index is 12.0. The van der Waals surface area contributed by atoms with E-state index in [1.807, 2.05) is 31.2 Å². The molecule has 0 saturated carbocycles. The van der Waals surface area contributed by atoms with Crippen LogP contribution in [0.1, 0.15) is 61.0 Å². The number of unbranched alkanes of at least 4 members (excludes halogenated alkanes) is 2. The van der Waals surface area contributed by atoms with Crippen molar-refractivity contribution in [2.45, 2.75) is 46.0 Å². The second kappa shape index (κ2) is 11.8. The molecule has 4 nitrogen and oxygen atoms in total. The number of aryl methyl sites for hydroxylation is 1. The smallest absolute Gasteiger partial charge is 0.338 e. The molecule has 0 fully saturated rings. The molecule has 0 aromatic heterocycles. The molecule has 0 saturated heterocycles. The molecular formula is C24H28O4. The zero-order valence-corrected chi connectivity index (χ0v) is 16.6. The monoisotopic (exact) mass is 380 g/mol. The van der Waals surface area contributed by atoms with Gasteiger partial charge in [-0.25, -0.2) is 9.59 Å². The highest BCUT2D eigenvalue weighted by molar-refractivity contribution is 5.91. The zero-order chi connectivity index (χ0) is 20.2. The molecule has 0 aliphatic heterocycles. The largest absolute Gasteiger partial charge is 0.462 e. The van der Waals surface area contributed by atoms with Gasteiger partial charge in [0.1, 0.15) is 5.75 Å². The van der Waals surface area contributed by atoms with Crippen molar-refractivity contribution >= 4 is 18.0 Å². The highest BCUT2D eigenvalue weighted by atomic mass is 16.5. The Hall–Kier alpha value is -2.88. The molecule has 0 atom stereocenters. The fraction of sp³-hybridized carbons (Fsp3) is 0.333. The van der Waals surface area contributed by atoms with Crippen molar-refractivity contribution in [3.05, 3.63) is 71.3 Å². The molecule has 0 heterocycles. The van der Waals surface area contributed by atoms with Crippen LogP contribution in [-0.2, 0) is 16.0 Å². The third-order valence-corrected chi connectivity index (χ3v) is 4.21. The summed E-state index contributed by atoms with van der Waals surface area (Å²) in [6, 6.07) is 14.5. The minimum Gasteiger partial charge on any atom is -0.462 e. The molecule has 2 rings (SSSR count). The lowest BCUT2D eigenvalue weighted by Gasteiger charge is -2.04. The Balaban J connectivity index is 1.85. The molecule has 2 aromatic rings. The number of esters is 2. The third-order valence-electron chi connectivity index (χ3n) is 4.21. The van der Waals surface area contributed by atoms with Gasteiger partial charge in [-0.05, 0) is 60.7 Å². The summed E-state index contributed by atoms with van der Waals surface area (Å²) in [6.45, 7) is 4.54. The van der Waals surface area contributed by atoms with Crippen molar-refractivity contribution < 1.29 is 19.1 Å². The van der Waals surface area contributed by atoms with Crippen LogP contribution in [0.15, 0.2) is 54.6 Å². The van der Waals surface area contributed by atoms with Gasteiger partial charge in [0.05, 0.1) is 12.2 Å². The molecule has 0 spiro atoms. The summed E-state index contributed by atoms with van der Waals surface area (Å²) >= 11 is 0. The molecule has 0 radical (unpaired) electrons. The van der Waals surface area contributed by atoms with Crippen molar-refractivity contribution in [3.63, 3.8) is 0 Å². The van der Waals surface area contributed by atoms with Gasteiger partial charge in [-0.2, -0.15) is 0 Å². The van der Waals surface area contributed by atoms with Gasteiger partial charge in [-0.1, -0.05) is 51.0 Å². The molecule has 0 aliphatic carbocycles. The van der Waals surface area contributed by atoms with Crippen LogP contribution < -0.4 is 4.74 Å². The summed E-state index contributed by atoms with van der Waals surface area (Å²) in [7, 11) is 0. The van der Waals surface area contributed by atoms with Crippen LogP contribution in [0.4, 0.5) is 0 Å². The summed E-state index contributed by atoms with van der Waals surface area (Å²) in [5.74, 6) is -0.247. The average molecular weight is 380 g/mol. The minimum absolute atomic E-state index is 0.338. The number of carbonyl (C=O) groups excluding carboxylic acids is 2. The Labute approximate surface area is 167 Å². The lowest BCUT2D eigenvalue weighted by Crippen LogP contribution is -2.05. The molecule has 0 bridgehead atoms. The summed E-state index contributed by atoms with van der Waals surface area (Å²) in [5, 5.41) is 0. The Bertz CT molecular complexity index is 773. The highest BCUT2D eigenvalue weighted by Crippen LogP contribution is 2.15. The molecule has 4 heteroatoms. The summed E-state index contributed by atoms with van der Waals surface area (Å²) in [5.41, 5.74) is 2.55. The van der Waals surface area contributed by atoms with Gasteiger partial charge in [-0.15, -0.1) is 0 Å². The van der Waals surface area contributed by atoms with Gasteiger partial charge in [0.2, 0.25) is 0 Å². The Kier molecular flexibility index (Phi) is 8.99. The number of ether oxygens (including phenoxy) is 2. The first-order chi connectivity index (χ1) is 13.6. The minimum atomic E-state index is -0.440. The van der Waals surface area contributed by atoms with Crippen LogP contribution >= 0.6 is 0 Å². The number of benzene rings is 2. The first kappa shape index (κ1) is 21.4. The predicted octanol–water partition coefficient (Wildman–Crippen LogP) is 5.60. The number of hydrogen-bond donors (Lipinski definition) is 0. The summed E-state index contributed by atoms with van der Waals surface area (Å²) in [4.78, 5) is 23.8. The van der Waals surface area contributed by atoms with Gasteiger partial charge < -0.3 is 9.47 Å². The van der Waals surface area contributed by atoms with Crippen LogP contribution in [0.2, 0.25) is 0 Å². The van der Waals surface area contributed by atoms with Gasteiger partial charge in [0, 0.05) is 6.08 Å². The third kappa shape index (κ3) is 7.39. The second-order valence-electron chi connectivity index (χ2n) is 6.61. The number of hydrogen-bond acceptors (Lipinski definition) is 4. The van der Waals surface area contributed by atoms with E-state index in [0.29, 0.717) is 17.9 Å². The van der Waals surface area contributed by atoms with Crippen LogP contribution in [0.3, 0.4) is 0 Å². The van der Waals surface area contributed by atoms with Gasteiger partial charge in [-0.3, -0.25) is 0 Å². The maximum absolute atomic E-state index is 12.0. The molecule has 28 heavy (non-hydrogen) atoms. The van der Waals surface area contributed by atoms with Gasteiger partial charge in [0.15, 0.2) is 0 Å². The molecule has 2 aromatic carbocycles. The van der Waals surface area contributed by atoms with E-state index in [1.165, 1.54) is 30.9 Å². The molecule has 0 aliphatic rings. The predicted molar refractivity (Wildman–Crippen MR) is 111 cm³/mol. The van der Waals surface area contributed by atoms with E-state index in [0.717, 1.165) is 18.4 Å². The average Bonchev–Trinajstić information content (AvgIpc) is 2.72. The summed E-state index contributed by atoms with van der Waals surface area (Å²) in [6.07, 6.45) is 8.46. The van der Waals surface area contributed by atoms with Crippen LogP contribution in [0, 0.1) is 0 Å². The first-order valence-electron chi connectivity index (χ1n) is 9.88. The topological polar surface area (TPSA) is 52.6 Å². The second-order valence-corrected chi connectivity index (χ2v) is 6.61. The van der Waals surface area contributed by atoms with Crippen LogP contribution in [-0.4, -0.2) is 18.5 Å². The normalized spacial score (nSPS) is 10.8. The molecule has 0 unspecified atom stereocenters. The number of carbonyl (C=O) groups is 2. The lowest BCUT2D eigenvalue weighted by molar-refractivity contribution is -0.128. The van der Waals surface area contributed by atoms with E-state index in [4.69, 9.17) is 9.47 Å². The molecule has 0 amide bonds. The Morgan fingerprint density at radius 2 is 1.61 bits per heavy atom. The molecule has 148 valence electrons. The van der Waals surface area contributed by atoms with Crippen molar-refractivity contribution in [1.29, 1.82) is 0 Å². The lowest BCUT2D eigenvalue weighted by atomic mass is 10.1. The highest BCUT2D eigenvalue weighted by Gasteiger charge is 2.06. The fourth-order valence-electron chi connectivity index (χ4n) is 2.63. The number of rotatable bonds is 10. The van der Waals surface area contributed by atoms with E-state index in [2.05, 4.69) is 6.92 Å². The van der Waals surface area contributed by atoms with E-state index in [9.17, 15) is 9.59 Å². The van der Waals surface area contributed by atoms with E-state index < -0.39 is 5.97 Å². The zero-order valence-electron chi connectivity index (χ0n) is 16.6. The molecular weight excluding hydrogens is 352 g/mol. The SMILES string of the molecule is CCCCCc1ccc(OC(=O)/C=C/c2ccc(C(=O)OCCC)cc2)cc1.